The summed E-state index contributed by atoms with van der Waals surface area (Å²) in [5.74, 6) is 0. The van der Waals surface area contributed by atoms with Gasteiger partial charge in [-0.2, -0.15) is 0 Å². The Morgan fingerprint density at radius 2 is 2.08 bits per heavy atom. The van der Waals surface area contributed by atoms with Gasteiger partial charge in [0.1, 0.15) is 0 Å². The van der Waals surface area contributed by atoms with E-state index in [1.54, 1.807) is 19.3 Å². The standard InChI is InChI=1S/C9H14N2O.ClH/c1-8(12)6-11-7-9-2-4-10-5-3-9;/h2-5,8,11-12H,6-7H2,1H3;1H. The van der Waals surface area contributed by atoms with Crippen molar-refractivity contribution in [2.45, 2.75) is 19.6 Å². The number of nitrogens with zero attached hydrogens (tertiary/aromatic N) is 1. The third-order valence-electron chi connectivity index (χ3n) is 1.52. The smallest absolute Gasteiger partial charge is 0.0636 e. The highest BCUT2D eigenvalue weighted by Crippen LogP contribution is 1.94. The molecule has 1 atom stereocenters. The number of rotatable bonds is 4. The van der Waals surface area contributed by atoms with Crippen molar-refractivity contribution >= 4 is 12.4 Å². The maximum atomic E-state index is 8.96. The van der Waals surface area contributed by atoms with Crippen LogP contribution in [0.2, 0.25) is 0 Å². The van der Waals surface area contributed by atoms with Crippen molar-refractivity contribution in [3.63, 3.8) is 0 Å². The lowest BCUT2D eigenvalue weighted by atomic mass is 10.2. The summed E-state index contributed by atoms with van der Waals surface area (Å²) in [4.78, 5) is 3.91. The fourth-order valence-electron chi connectivity index (χ4n) is 0.926. The molecule has 0 aliphatic carbocycles. The molecule has 13 heavy (non-hydrogen) atoms. The molecule has 0 aromatic carbocycles. The molecule has 0 fully saturated rings. The van der Waals surface area contributed by atoms with Gasteiger partial charge in [0.2, 0.25) is 0 Å². The summed E-state index contributed by atoms with van der Waals surface area (Å²) in [6.07, 6.45) is 3.24. The quantitative estimate of drug-likeness (QED) is 0.765. The number of aliphatic hydroxyl groups is 1. The second-order valence-corrected chi connectivity index (χ2v) is 2.84. The van der Waals surface area contributed by atoms with Crippen LogP contribution >= 0.6 is 12.4 Å². The van der Waals surface area contributed by atoms with Crippen LogP contribution in [0.15, 0.2) is 24.5 Å². The Kier molecular flexibility index (Phi) is 6.49. The Labute approximate surface area is 84.6 Å². The molecule has 0 bridgehead atoms. The lowest BCUT2D eigenvalue weighted by Crippen LogP contribution is -2.23. The van der Waals surface area contributed by atoms with Crippen LogP contribution in [0.25, 0.3) is 0 Å². The summed E-state index contributed by atoms with van der Waals surface area (Å²) in [5.41, 5.74) is 1.19. The van der Waals surface area contributed by atoms with Gasteiger partial charge in [0, 0.05) is 25.5 Å². The molecule has 74 valence electrons. The Morgan fingerprint density at radius 3 is 2.62 bits per heavy atom. The SMILES string of the molecule is CC(O)CNCc1ccncc1.Cl. The van der Waals surface area contributed by atoms with Gasteiger partial charge in [0.25, 0.3) is 0 Å². The van der Waals surface area contributed by atoms with E-state index in [-0.39, 0.29) is 18.5 Å². The first kappa shape index (κ1) is 12.4. The van der Waals surface area contributed by atoms with E-state index in [9.17, 15) is 0 Å². The molecular formula is C9H15ClN2O. The molecule has 1 aromatic heterocycles. The molecule has 1 aromatic rings. The largest absolute Gasteiger partial charge is 0.392 e. The predicted molar refractivity (Wildman–Crippen MR) is 54.9 cm³/mol. The van der Waals surface area contributed by atoms with Crippen molar-refractivity contribution < 1.29 is 5.11 Å². The molecule has 2 N–H and O–H groups in total. The van der Waals surface area contributed by atoms with Crippen molar-refractivity contribution in [2.75, 3.05) is 6.54 Å². The van der Waals surface area contributed by atoms with E-state index in [1.807, 2.05) is 12.1 Å². The summed E-state index contributed by atoms with van der Waals surface area (Å²) in [6.45, 7) is 3.18. The summed E-state index contributed by atoms with van der Waals surface area (Å²) >= 11 is 0. The number of aromatic nitrogens is 1. The van der Waals surface area contributed by atoms with E-state index >= 15 is 0 Å². The molecule has 0 saturated heterocycles. The van der Waals surface area contributed by atoms with Gasteiger partial charge >= 0.3 is 0 Å². The molecule has 0 saturated carbocycles. The van der Waals surface area contributed by atoms with Crippen LogP contribution in [-0.2, 0) is 6.54 Å². The highest BCUT2D eigenvalue weighted by molar-refractivity contribution is 5.85. The van der Waals surface area contributed by atoms with Crippen LogP contribution in [0.5, 0.6) is 0 Å². The Bertz CT molecular complexity index is 216. The van der Waals surface area contributed by atoms with Crippen molar-refractivity contribution in [1.82, 2.24) is 10.3 Å². The highest BCUT2D eigenvalue weighted by Gasteiger charge is 1.94. The zero-order valence-electron chi connectivity index (χ0n) is 7.60. The first-order valence-electron chi connectivity index (χ1n) is 4.06. The summed E-state index contributed by atoms with van der Waals surface area (Å²) < 4.78 is 0. The topological polar surface area (TPSA) is 45.1 Å². The van der Waals surface area contributed by atoms with Crippen LogP contribution in [0.4, 0.5) is 0 Å². The molecule has 0 amide bonds. The van der Waals surface area contributed by atoms with Gasteiger partial charge in [0.05, 0.1) is 6.10 Å². The molecule has 1 rings (SSSR count). The minimum Gasteiger partial charge on any atom is -0.392 e. The van der Waals surface area contributed by atoms with Gasteiger partial charge in [0.15, 0.2) is 0 Å². The average Bonchev–Trinajstić information content (AvgIpc) is 2.05. The monoisotopic (exact) mass is 202 g/mol. The Hall–Kier alpha value is -0.640. The highest BCUT2D eigenvalue weighted by atomic mass is 35.5. The molecule has 0 radical (unpaired) electrons. The first-order chi connectivity index (χ1) is 5.79. The Balaban J connectivity index is 0.00000144. The van der Waals surface area contributed by atoms with Crippen LogP contribution in [0.1, 0.15) is 12.5 Å². The number of nitrogens with one attached hydrogen (secondary N) is 1. The van der Waals surface area contributed by atoms with Gasteiger partial charge in [-0.05, 0) is 24.6 Å². The second kappa shape index (κ2) is 6.83. The van der Waals surface area contributed by atoms with Crippen LogP contribution in [0.3, 0.4) is 0 Å². The molecule has 1 heterocycles. The number of aliphatic hydroxyl groups excluding tert-OH is 1. The van der Waals surface area contributed by atoms with E-state index < -0.39 is 0 Å². The summed E-state index contributed by atoms with van der Waals surface area (Å²) in [5, 5.41) is 12.1. The maximum absolute atomic E-state index is 8.96. The van der Waals surface area contributed by atoms with E-state index in [4.69, 9.17) is 5.11 Å². The van der Waals surface area contributed by atoms with Crippen LogP contribution in [-0.4, -0.2) is 22.7 Å². The average molecular weight is 203 g/mol. The fourth-order valence-corrected chi connectivity index (χ4v) is 0.926. The predicted octanol–water partition coefficient (Wildman–Crippen LogP) is 0.974. The summed E-state index contributed by atoms with van der Waals surface area (Å²) in [7, 11) is 0. The molecular weight excluding hydrogens is 188 g/mol. The van der Waals surface area contributed by atoms with E-state index in [1.165, 1.54) is 5.56 Å². The van der Waals surface area contributed by atoms with E-state index in [2.05, 4.69) is 10.3 Å². The minimum atomic E-state index is -0.285. The molecule has 4 heteroatoms. The van der Waals surface area contributed by atoms with Crippen molar-refractivity contribution in [3.8, 4) is 0 Å². The zero-order chi connectivity index (χ0) is 8.81. The fraction of sp³-hybridized carbons (Fsp3) is 0.444. The van der Waals surface area contributed by atoms with Crippen molar-refractivity contribution in [2.24, 2.45) is 0 Å². The molecule has 0 aliphatic heterocycles. The van der Waals surface area contributed by atoms with E-state index in [0.717, 1.165) is 6.54 Å². The number of pyridine rings is 1. The normalized spacial score (nSPS) is 11.8. The van der Waals surface area contributed by atoms with Crippen molar-refractivity contribution in [3.05, 3.63) is 30.1 Å². The van der Waals surface area contributed by atoms with Crippen LogP contribution in [0, 0.1) is 0 Å². The molecule has 0 spiro atoms. The minimum absolute atomic E-state index is 0. The van der Waals surface area contributed by atoms with Crippen LogP contribution < -0.4 is 5.32 Å². The molecule has 3 nitrogen and oxygen atoms in total. The number of halogens is 1. The first-order valence-corrected chi connectivity index (χ1v) is 4.06. The third-order valence-corrected chi connectivity index (χ3v) is 1.52. The van der Waals surface area contributed by atoms with Gasteiger partial charge in [-0.25, -0.2) is 0 Å². The van der Waals surface area contributed by atoms with Gasteiger partial charge in [-0.1, -0.05) is 0 Å². The maximum Gasteiger partial charge on any atom is 0.0636 e. The van der Waals surface area contributed by atoms with Gasteiger partial charge in [-0.15, -0.1) is 12.4 Å². The Morgan fingerprint density at radius 1 is 1.46 bits per heavy atom. The number of hydrogen-bond donors (Lipinski definition) is 2. The summed E-state index contributed by atoms with van der Waals surface area (Å²) in [6, 6.07) is 3.91. The lowest BCUT2D eigenvalue weighted by Gasteiger charge is -2.05. The zero-order valence-corrected chi connectivity index (χ0v) is 8.42. The second-order valence-electron chi connectivity index (χ2n) is 2.84. The molecule has 1 unspecified atom stereocenters. The lowest BCUT2D eigenvalue weighted by molar-refractivity contribution is 0.191. The molecule has 0 aliphatic rings. The van der Waals surface area contributed by atoms with E-state index in [0.29, 0.717) is 6.54 Å². The van der Waals surface area contributed by atoms with Gasteiger partial charge in [-0.3, -0.25) is 4.98 Å². The van der Waals surface area contributed by atoms with Crippen molar-refractivity contribution in [1.29, 1.82) is 0 Å². The van der Waals surface area contributed by atoms with Gasteiger partial charge < -0.3 is 10.4 Å². The third kappa shape index (κ3) is 5.58. The number of hydrogen-bond acceptors (Lipinski definition) is 3.